The quantitative estimate of drug-likeness (QED) is 0.102. The summed E-state index contributed by atoms with van der Waals surface area (Å²) in [6, 6.07) is 35.4. The van der Waals surface area contributed by atoms with Gasteiger partial charge in [-0.15, -0.1) is 0 Å². The summed E-state index contributed by atoms with van der Waals surface area (Å²) >= 11 is 0. The van der Waals surface area contributed by atoms with E-state index in [1.54, 1.807) is 0 Å². The fourth-order valence-electron chi connectivity index (χ4n) is 7.37. The number of unbranched alkanes of at least 4 members (excludes halogenated alkanes) is 3. The Morgan fingerprint density at radius 2 is 0.842 bits per heavy atom. The van der Waals surface area contributed by atoms with Crippen molar-refractivity contribution in [2.75, 3.05) is 19.8 Å². The van der Waals surface area contributed by atoms with Gasteiger partial charge in [-0.3, -0.25) is 0 Å². The first-order chi connectivity index (χ1) is 28.1. The van der Waals surface area contributed by atoms with E-state index in [1.165, 1.54) is 0 Å². The van der Waals surface area contributed by atoms with Crippen LogP contribution in [0.2, 0.25) is 0 Å². The van der Waals surface area contributed by atoms with Crippen LogP contribution in [0.25, 0.3) is 79.8 Å². The highest BCUT2D eigenvalue weighted by molar-refractivity contribution is 5.99. The molecule has 6 aromatic rings. The second-order valence-electron chi connectivity index (χ2n) is 14.4. The zero-order valence-corrected chi connectivity index (χ0v) is 33.1. The van der Waals surface area contributed by atoms with Crippen molar-refractivity contribution < 1.29 is 14.2 Å². The van der Waals surface area contributed by atoms with E-state index in [2.05, 4.69) is 140 Å². The topological polar surface area (TPSA) is 85.1 Å². The Bertz CT molecular complexity index is 2540. The van der Waals surface area contributed by atoms with Crippen molar-refractivity contribution in [1.82, 2.24) is 19.9 Å². The predicted molar refractivity (Wildman–Crippen MR) is 236 cm³/mol. The number of H-pyrrole nitrogens is 2. The molecule has 0 radical (unpaired) electrons. The van der Waals surface area contributed by atoms with Crippen LogP contribution in [0.15, 0.2) is 103 Å². The largest absolute Gasteiger partial charge is 0.493 e. The number of hydrogen-bond acceptors (Lipinski definition) is 5. The van der Waals surface area contributed by atoms with Crippen molar-refractivity contribution in [2.24, 2.45) is 0 Å². The average Bonchev–Trinajstić information content (AvgIpc) is 4.08. The first kappa shape index (κ1) is 37.6. The van der Waals surface area contributed by atoms with Gasteiger partial charge in [-0.1, -0.05) is 94.6 Å². The lowest BCUT2D eigenvalue weighted by atomic mass is 10.0. The molecule has 288 valence electrons. The maximum Gasteiger partial charge on any atom is 0.127 e. The molecule has 7 heteroatoms. The second kappa shape index (κ2) is 17.6. The maximum absolute atomic E-state index is 6.49. The van der Waals surface area contributed by atoms with Gasteiger partial charge in [0.2, 0.25) is 0 Å². The van der Waals surface area contributed by atoms with E-state index in [1.807, 2.05) is 18.2 Å². The van der Waals surface area contributed by atoms with E-state index >= 15 is 0 Å². The Morgan fingerprint density at radius 1 is 0.439 bits per heavy atom. The molecule has 8 bridgehead atoms. The smallest absolute Gasteiger partial charge is 0.127 e. The molecule has 8 rings (SSSR count). The first-order valence-electron chi connectivity index (χ1n) is 20.4. The van der Waals surface area contributed by atoms with Crippen LogP contribution in [0.4, 0.5) is 0 Å². The van der Waals surface area contributed by atoms with Crippen molar-refractivity contribution in [3.63, 3.8) is 0 Å². The molecule has 0 saturated heterocycles. The van der Waals surface area contributed by atoms with Gasteiger partial charge in [0.15, 0.2) is 0 Å². The SMILES string of the molecule is CCCCOc1ccccc1-c1c2nc(c(-c3ccccc3OCCCC)c3ccc([nH]3)c(-c3ccccc3OCCCC)c3nc(cc4ccc1[nH]4)C=C3)C=C2. The molecule has 3 aromatic heterocycles. The Kier molecular flexibility index (Phi) is 11.6. The Balaban J connectivity index is 1.46. The molecule has 57 heavy (non-hydrogen) atoms. The molecule has 0 amide bonds. The summed E-state index contributed by atoms with van der Waals surface area (Å²) in [6.45, 7) is 8.46. The van der Waals surface area contributed by atoms with Gasteiger partial charge in [-0.05, 0) is 92.1 Å². The van der Waals surface area contributed by atoms with E-state index in [-0.39, 0.29) is 0 Å². The van der Waals surface area contributed by atoms with E-state index in [0.29, 0.717) is 19.8 Å². The Hall–Kier alpha value is -6.34. The molecule has 2 aliphatic heterocycles. The number of nitrogens with one attached hydrogen (secondary N) is 2. The van der Waals surface area contributed by atoms with Gasteiger partial charge >= 0.3 is 0 Å². The highest BCUT2D eigenvalue weighted by atomic mass is 16.5. The van der Waals surface area contributed by atoms with Gasteiger partial charge in [-0.2, -0.15) is 0 Å². The van der Waals surface area contributed by atoms with Crippen molar-refractivity contribution in [1.29, 1.82) is 0 Å². The Labute approximate surface area is 335 Å². The molecule has 0 atom stereocenters. The highest BCUT2D eigenvalue weighted by Crippen LogP contribution is 2.42. The number of benzene rings is 3. The zero-order valence-electron chi connectivity index (χ0n) is 33.1. The number of para-hydroxylation sites is 3. The summed E-state index contributed by atoms with van der Waals surface area (Å²) in [6.07, 6.45) is 14.5. The number of aromatic amines is 2. The minimum Gasteiger partial charge on any atom is -0.493 e. The van der Waals surface area contributed by atoms with Crippen molar-refractivity contribution >= 4 is 46.4 Å². The monoisotopic (exact) mass is 754 g/mol. The maximum atomic E-state index is 6.49. The molecule has 0 spiro atoms. The summed E-state index contributed by atoms with van der Waals surface area (Å²) in [7, 11) is 0. The summed E-state index contributed by atoms with van der Waals surface area (Å²) in [5.41, 5.74) is 12.9. The zero-order chi connectivity index (χ0) is 39.0. The lowest BCUT2D eigenvalue weighted by Gasteiger charge is -2.13. The molecule has 5 heterocycles. The Morgan fingerprint density at radius 3 is 1.32 bits per heavy atom. The van der Waals surface area contributed by atoms with Crippen molar-refractivity contribution in [3.05, 3.63) is 126 Å². The number of rotatable bonds is 15. The van der Waals surface area contributed by atoms with Crippen LogP contribution < -0.4 is 14.2 Å². The molecule has 2 N–H and O–H groups in total. The van der Waals surface area contributed by atoms with E-state index < -0.39 is 0 Å². The number of ether oxygens (including phenoxy) is 3. The number of aromatic nitrogens is 4. The fourth-order valence-corrected chi connectivity index (χ4v) is 7.37. The van der Waals surface area contributed by atoms with Crippen LogP contribution >= 0.6 is 0 Å². The number of fused-ring (bicyclic) bond motifs is 8. The van der Waals surface area contributed by atoms with Crippen LogP contribution in [0.5, 0.6) is 17.2 Å². The standard InChI is InChI=1S/C50H50N4O3/c1-4-7-30-55-45-19-13-10-16-36(45)48-39-24-22-34(51-39)33-35-23-25-40(52-35)49(37-17-11-14-20-46(37)56-31-8-5-2)42-27-29-44(54-42)50(43-28-26-41(48)53-43)38-18-12-15-21-47(38)57-32-9-6-3/h10-29,33,51,54H,4-9,30-32H2,1-3H3. The number of nitrogens with zero attached hydrogens (tertiary/aromatic N) is 2. The van der Waals surface area contributed by atoms with E-state index in [9.17, 15) is 0 Å². The van der Waals surface area contributed by atoms with Gasteiger partial charge in [0.05, 0.1) is 42.6 Å². The molecule has 0 unspecified atom stereocenters. The fraction of sp³-hybridized carbons (Fsp3) is 0.240. The van der Waals surface area contributed by atoms with Crippen LogP contribution in [0.3, 0.4) is 0 Å². The second-order valence-corrected chi connectivity index (χ2v) is 14.4. The third kappa shape index (κ3) is 8.15. The molecule has 2 aliphatic rings. The third-order valence-electron chi connectivity index (χ3n) is 10.3. The summed E-state index contributed by atoms with van der Waals surface area (Å²) in [5, 5.41) is 0. The highest BCUT2D eigenvalue weighted by Gasteiger charge is 2.21. The molecular weight excluding hydrogens is 705 g/mol. The predicted octanol–water partition coefficient (Wildman–Crippen LogP) is 13.2. The van der Waals surface area contributed by atoms with E-state index in [4.69, 9.17) is 24.2 Å². The molecule has 3 aromatic carbocycles. The van der Waals surface area contributed by atoms with Gasteiger partial charge in [-0.25, -0.2) is 9.97 Å². The lowest BCUT2D eigenvalue weighted by molar-refractivity contribution is 0.310. The van der Waals surface area contributed by atoms with Crippen LogP contribution in [0, 0.1) is 0 Å². The average molecular weight is 755 g/mol. The third-order valence-corrected chi connectivity index (χ3v) is 10.3. The minimum atomic E-state index is 0.632. The molecule has 7 nitrogen and oxygen atoms in total. The lowest BCUT2D eigenvalue weighted by Crippen LogP contribution is -1.99. The summed E-state index contributed by atoms with van der Waals surface area (Å²) < 4.78 is 19.3. The van der Waals surface area contributed by atoms with Gasteiger partial charge in [0.25, 0.3) is 0 Å². The van der Waals surface area contributed by atoms with Crippen LogP contribution in [-0.4, -0.2) is 39.8 Å². The van der Waals surface area contributed by atoms with Crippen molar-refractivity contribution in [3.8, 4) is 50.6 Å². The minimum absolute atomic E-state index is 0.632. The molecule has 0 fully saturated rings. The van der Waals surface area contributed by atoms with Crippen LogP contribution in [-0.2, 0) is 0 Å². The van der Waals surface area contributed by atoms with E-state index in [0.717, 1.165) is 134 Å². The number of hydrogen-bond donors (Lipinski definition) is 2. The van der Waals surface area contributed by atoms with Gasteiger partial charge in [0, 0.05) is 55.4 Å². The first-order valence-corrected chi connectivity index (χ1v) is 20.4. The van der Waals surface area contributed by atoms with Crippen LogP contribution in [0.1, 0.15) is 82.1 Å². The molecular formula is C50H50N4O3. The van der Waals surface area contributed by atoms with Crippen molar-refractivity contribution in [2.45, 2.75) is 59.3 Å². The normalized spacial score (nSPS) is 11.9. The summed E-state index contributed by atoms with van der Waals surface area (Å²) in [5.74, 6) is 2.48. The van der Waals surface area contributed by atoms with Gasteiger partial charge < -0.3 is 24.2 Å². The molecule has 0 saturated carbocycles. The molecule has 0 aliphatic carbocycles. The van der Waals surface area contributed by atoms with Gasteiger partial charge in [0.1, 0.15) is 17.2 Å². The summed E-state index contributed by atoms with van der Waals surface area (Å²) in [4.78, 5) is 18.3.